The van der Waals surface area contributed by atoms with E-state index in [0.29, 0.717) is 6.54 Å². The fraction of sp³-hybridized carbons (Fsp3) is 0.389. The predicted octanol–water partition coefficient (Wildman–Crippen LogP) is 3.02. The van der Waals surface area contributed by atoms with Crippen LogP contribution in [-0.4, -0.2) is 35.2 Å². The minimum Gasteiger partial charge on any atom is -0.497 e. The monoisotopic (exact) mass is 313 g/mol. The molecule has 0 bridgehead atoms. The number of nitrogens with one attached hydrogen (secondary N) is 1. The second kappa shape index (κ2) is 6.36. The molecule has 0 unspecified atom stereocenters. The Balaban J connectivity index is 2.01. The molecular weight excluding hydrogens is 290 g/mol. The van der Waals surface area contributed by atoms with Crippen LogP contribution < -0.4 is 10.1 Å². The number of hydrogen-bond acceptors (Lipinski definition) is 2. The van der Waals surface area contributed by atoms with Crippen molar-refractivity contribution in [3.05, 3.63) is 53.9 Å². The lowest BCUT2D eigenvalue weighted by atomic mass is 10.00. The van der Waals surface area contributed by atoms with Gasteiger partial charge in [-0.1, -0.05) is 12.1 Å². The number of fused-ring (bicyclic) bond motifs is 1. The molecule has 2 heterocycles. The van der Waals surface area contributed by atoms with Gasteiger partial charge in [0, 0.05) is 31.0 Å². The number of rotatable bonds is 3. The first-order chi connectivity index (χ1) is 11.1. The third-order valence-corrected chi connectivity index (χ3v) is 4.12. The summed E-state index contributed by atoms with van der Waals surface area (Å²) in [5.41, 5.74) is 2.19. The summed E-state index contributed by atoms with van der Waals surface area (Å²) in [7, 11) is 1.66. The fourth-order valence-electron chi connectivity index (χ4n) is 3.09. The van der Waals surface area contributed by atoms with Crippen LogP contribution in [0.4, 0.5) is 4.79 Å². The highest BCUT2D eigenvalue weighted by Gasteiger charge is 2.32. The highest BCUT2D eigenvalue weighted by atomic mass is 16.5. The van der Waals surface area contributed by atoms with Crippen molar-refractivity contribution in [2.24, 2.45) is 0 Å². The van der Waals surface area contributed by atoms with E-state index in [9.17, 15) is 4.79 Å². The largest absolute Gasteiger partial charge is 0.497 e. The lowest BCUT2D eigenvalue weighted by molar-refractivity contribution is 0.166. The molecule has 23 heavy (non-hydrogen) atoms. The van der Waals surface area contributed by atoms with E-state index >= 15 is 0 Å². The van der Waals surface area contributed by atoms with Crippen LogP contribution in [-0.2, 0) is 6.54 Å². The third kappa shape index (κ3) is 3.04. The van der Waals surface area contributed by atoms with Crippen molar-refractivity contribution in [2.75, 3.05) is 13.7 Å². The van der Waals surface area contributed by atoms with Crippen molar-refractivity contribution < 1.29 is 9.53 Å². The van der Waals surface area contributed by atoms with Crippen LogP contribution >= 0.6 is 0 Å². The molecule has 1 aliphatic heterocycles. The standard InChI is InChI=1S/C18H23N3O2/c1-13(2)19-18(22)21-11-10-20-9-5-8-16(20)17(21)14-6-4-7-15(12-14)23-3/h4-9,12-13,17H,10-11H2,1-3H3,(H,19,22)/t17-/m1/s1. The molecule has 3 rings (SSSR count). The topological polar surface area (TPSA) is 46.5 Å². The van der Waals surface area contributed by atoms with Crippen LogP contribution in [0.3, 0.4) is 0 Å². The zero-order valence-corrected chi connectivity index (χ0v) is 13.8. The van der Waals surface area contributed by atoms with Gasteiger partial charge in [0.15, 0.2) is 0 Å². The highest BCUT2D eigenvalue weighted by molar-refractivity contribution is 5.75. The predicted molar refractivity (Wildman–Crippen MR) is 89.6 cm³/mol. The van der Waals surface area contributed by atoms with Crippen LogP contribution in [0.15, 0.2) is 42.6 Å². The molecule has 0 saturated heterocycles. The number of ether oxygens (including phenoxy) is 1. The van der Waals surface area contributed by atoms with Gasteiger partial charge in [0.25, 0.3) is 0 Å². The highest BCUT2D eigenvalue weighted by Crippen LogP contribution is 2.33. The van der Waals surface area contributed by atoms with Gasteiger partial charge < -0.3 is 19.5 Å². The number of benzene rings is 1. The Morgan fingerprint density at radius 3 is 2.83 bits per heavy atom. The summed E-state index contributed by atoms with van der Waals surface area (Å²) in [4.78, 5) is 14.6. The molecule has 1 aliphatic rings. The Morgan fingerprint density at radius 2 is 2.09 bits per heavy atom. The fourth-order valence-corrected chi connectivity index (χ4v) is 3.09. The number of carbonyl (C=O) groups excluding carboxylic acids is 1. The Morgan fingerprint density at radius 1 is 1.26 bits per heavy atom. The van der Waals surface area contributed by atoms with E-state index in [1.807, 2.05) is 49.1 Å². The zero-order chi connectivity index (χ0) is 16.4. The molecule has 2 aromatic rings. The molecule has 2 amide bonds. The second-order valence-electron chi connectivity index (χ2n) is 6.10. The zero-order valence-electron chi connectivity index (χ0n) is 13.8. The van der Waals surface area contributed by atoms with Crippen molar-refractivity contribution in [3.63, 3.8) is 0 Å². The molecule has 1 atom stereocenters. The molecule has 1 aromatic carbocycles. The van der Waals surface area contributed by atoms with Crippen molar-refractivity contribution in [1.82, 2.24) is 14.8 Å². The summed E-state index contributed by atoms with van der Waals surface area (Å²) in [6.45, 7) is 5.45. The number of urea groups is 1. The molecule has 0 fully saturated rings. The summed E-state index contributed by atoms with van der Waals surface area (Å²) >= 11 is 0. The third-order valence-electron chi connectivity index (χ3n) is 4.12. The quantitative estimate of drug-likeness (QED) is 0.947. The maximum Gasteiger partial charge on any atom is 0.318 e. The van der Waals surface area contributed by atoms with E-state index in [2.05, 4.69) is 22.1 Å². The molecular formula is C18H23N3O2. The van der Waals surface area contributed by atoms with Gasteiger partial charge in [0.1, 0.15) is 5.75 Å². The summed E-state index contributed by atoms with van der Waals surface area (Å²) in [5, 5.41) is 3.01. The number of hydrogen-bond donors (Lipinski definition) is 1. The maximum absolute atomic E-state index is 12.7. The summed E-state index contributed by atoms with van der Waals surface area (Å²) in [6, 6.07) is 12.0. The van der Waals surface area contributed by atoms with Gasteiger partial charge in [-0.25, -0.2) is 4.79 Å². The van der Waals surface area contributed by atoms with Gasteiger partial charge >= 0.3 is 6.03 Å². The Kier molecular flexibility index (Phi) is 4.28. The van der Waals surface area contributed by atoms with Crippen LogP contribution in [0.1, 0.15) is 31.1 Å². The SMILES string of the molecule is COc1cccc([C@@H]2c3cccn3CCN2C(=O)NC(C)C)c1. The molecule has 122 valence electrons. The summed E-state index contributed by atoms with van der Waals surface area (Å²) in [6.07, 6.45) is 2.07. The lowest BCUT2D eigenvalue weighted by Crippen LogP contribution is -2.48. The number of aromatic nitrogens is 1. The smallest absolute Gasteiger partial charge is 0.318 e. The van der Waals surface area contributed by atoms with E-state index in [1.54, 1.807) is 7.11 Å². The molecule has 1 aromatic heterocycles. The molecule has 1 N–H and O–H groups in total. The number of amides is 2. The van der Waals surface area contributed by atoms with Crippen LogP contribution in [0.2, 0.25) is 0 Å². The van der Waals surface area contributed by atoms with Gasteiger partial charge in [-0.15, -0.1) is 0 Å². The molecule has 0 aliphatic carbocycles. The normalized spacial score (nSPS) is 17.0. The molecule has 5 heteroatoms. The van der Waals surface area contributed by atoms with Crippen LogP contribution in [0.5, 0.6) is 5.75 Å². The molecule has 0 saturated carbocycles. The average Bonchev–Trinajstić information content (AvgIpc) is 3.01. The van der Waals surface area contributed by atoms with E-state index in [1.165, 1.54) is 0 Å². The number of carbonyl (C=O) groups is 1. The summed E-state index contributed by atoms with van der Waals surface area (Å²) < 4.78 is 7.56. The van der Waals surface area contributed by atoms with Crippen LogP contribution in [0.25, 0.3) is 0 Å². The first-order valence-corrected chi connectivity index (χ1v) is 7.96. The summed E-state index contributed by atoms with van der Waals surface area (Å²) in [5.74, 6) is 0.801. The Labute approximate surface area is 136 Å². The Bertz CT molecular complexity index is 693. The van der Waals surface area contributed by atoms with Gasteiger partial charge in [-0.05, 0) is 43.7 Å². The van der Waals surface area contributed by atoms with E-state index in [0.717, 1.165) is 23.6 Å². The molecule has 0 radical (unpaired) electrons. The van der Waals surface area contributed by atoms with Gasteiger partial charge in [0.05, 0.1) is 13.2 Å². The number of methoxy groups -OCH3 is 1. The average molecular weight is 313 g/mol. The van der Waals surface area contributed by atoms with Crippen molar-refractivity contribution in [1.29, 1.82) is 0 Å². The van der Waals surface area contributed by atoms with Crippen molar-refractivity contribution in [3.8, 4) is 5.75 Å². The van der Waals surface area contributed by atoms with Crippen LogP contribution in [0, 0.1) is 0 Å². The van der Waals surface area contributed by atoms with Crippen molar-refractivity contribution in [2.45, 2.75) is 32.5 Å². The van der Waals surface area contributed by atoms with E-state index in [-0.39, 0.29) is 18.1 Å². The van der Waals surface area contributed by atoms with Crippen molar-refractivity contribution >= 4 is 6.03 Å². The van der Waals surface area contributed by atoms with Gasteiger partial charge in [-0.2, -0.15) is 0 Å². The minimum atomic E-state index is -0.104. The lowest BCUT2D eigenvalue weighted by Gasteiger charge is -2.37. The van der Waals surface area contributed by atoms with Gasteiger partial charge in [-0.3, -0.25) is 0 Å². The van der Waals surface area contributed by atoms with E-state index < -0.39 is 0 Å². The van der Waals surface area contributed by atoms with E-state index in [4.69, 9.17) is 4.74 Å². The molecule has 0 spiro atoms. The Hall–Kier alpha value is -2.43. The maximum atomic E-state index is 12.7. The number of nitrogens with zero attached hydrogens (tertiary/aromatic N) is 2. The first-order valence-electron chi connectivity index (χ1n) is 7.96. The second-order valence-corrected chi connectivity index (χ2v) is 6.10. The van der Waals surface area contributed by atoms with Gasteiger partial charge in [0.2, 0.25) is 0 Å². The molecule has 5 nitrogen and oxygen atoms in total. The first kappa shape index (κ1) is 15.5. The minimum absolute atomic E-state index is 0.0275.